The molecule has 8 heteroatoms. The number of benzene rings is 1. The number of amides is 1. The number of rotatable bonds is 2. The zero-order valence-corrected chi connectivity index (χ0v) is 13.6. The van der Waals surface area contributed by atoms with Crippen molar-refractivity contribution in [3.05, 3.63) is 28.5 Å². The molecular weight excluding hydrogens is 340 g/mol. The van der Waals surface area contributed by atoms with E-state index in [0.29, 0.717) is 19.0 Å². The molecule has 4 nitrogen and oxygen atoms in total. The maximum atomic E-state index is 14.0. The van der Waals surface area contributed by atoms with E-state index in [1.165, 1.54) is 4.90 Å². The molecule has 0 aromatic heterocycles. The van der Waals surface area contributed by atoms with Crippen molar-refractivity contribution >= 4 is 37.2 Å². The summed E-state index contributed by atoms with van der Waals surface area (Å²) >= 11 is 5.67. The number of likely N-dealkylation sites (tertiary alicyclic amines) is 1. The van der Waals surface area contributed by atoms with E-state index in [0.717, 1.165) is 25.0 Å². The molecule has 1 aliphatic rings. The second kappa shape index (κ2) is 6.10. The van der Waals surface area contributed by atoms with Crippen LogP contribution in [0.25, 0.3) is 0 Å². The maximum absolute atomic E-state index is 14.0. The Labute approximate surface area is 132 Å². The molecule has 116 valence electrons. The average Bonchev–Trinajstić information content (AvgIpc) is 2.36. The summed E-state index contributed by atoms with van der Waals surface area (Å²) < 4.78 is 36.8. The molecule has 0 spiro atoms. The van der Waals surface area contributed by atoms with Gasteiger partial charge in [0.1, 0.15) is 10.7 Å². The summed E-state index contributed by atoms with van der Waals surface area (Å²) in [4.78, 5) is 13.4. The van der Waals surface area contributed by atoms with Crippen molar-refractivity contribution < 1.29 is 17.6 Å². The minimum absolute atomic E-state index is 0.326. The number of nitrogens with zero attached hydrogens (tertiary/aromatic N) is 1. The van der Waals surface area contributed by atoms with E-state index < -0.39 is 25.7 Å². The van der Waals surface area contributed by atoms with Gasteiger partial charge in [-0.25, -0.2) is 12.8 Å². The molecule has 1 atom stereocenters. The summed E-state index contributed by atoms with van der Waals surface area (Å²) in [5, 5.41) is -0.342. The van der Waals surface area contributed by atoms with Crippen molar-refractivity contribution in [3.63, 3.8) is 0 Å². The Bertz CT molecular complexity index is 678. The minimum Gasteiger partial charge on any atom is -0.338 e. The van der Waals surface area contributed by atoms with Crippen molar-refractivity contribution in [2.75, 3.05) is 13.1 Å². The van der Waals surface area contributed by atoms with E-state index in [1.54, 1.807) is 0 Å². The molecule has 21 heavy (non-hydrogen) atoms. The van der Waals surface area contributed by atoms with Crippen LogP contribution in [0.5, 0.6) is 0 Å². The number of hydrogen-bond acceptors (Lipinski definition) is 3. The lowest BCUT2D eigenvalue weighted by Crippen LogP contribution is -2.39. The lowest BCUT2D eigenvalue weighted by molar-refractivity contribution is 0.0678. The Morgan fingerprint density at radius 2 is 2.10 bits per heavy atom. The third-order valence-electron chi connectivity index (χ3n) is 3.46. The van der Waals surface area contributed by atoms with E-state index in [4.69, 9.17) is 22.3 Å². The van der Waals surface area contributed by atoms with E-state index in [2.05, 4.69) is 0 Å². The molecule has 1 aliphatic heterocycles. The molecule has 1 amide bonds. The van der Waals surface area contributed by atoms with E-state index in [1.807, 2.05) is 6.92 Å². The average molecular weight is 354 g/mol. The van der Waals surface area contributed by atoms with Crippen LogP contribution in [-0.2, 0) is 9.05 Å². The number of carbonyl (C=O) groups is 1. The zero-order valence-electron chi connectivity index (χ0n) is 11.3. The van der Waals surface area contributed by atoms with E-state index >= 15 is 0 Å². The molecule has 1 fully saturated rings. The number of hydrogen-bond donors (Lipinski definition) is 0. The van der Waals surface area contributed by atoms with Gasteiger partial charge < -0.3 is 4.90 Å². The van der Waals surface area contributed by atoms with Crippen LogP contribution in [0.4, 0.5) is 4.39 Å². The van der Waals surface area contributed by atoms with Crippen LogP contribution in [0.15, 0.2) is 17.0 Å². The van der Waals surface area contributed by atoms with Crippen molar-refractivity contribution in [2.24, 2.45) is 5.92 Å². The molecule has 0 aliphatic carbocycles. The predicted molar refractivity (Wildman–Crippen MR) is 78.8 cm³/mol. The molecule has 0 saturated carbocycles. The van der Waals surface area contributed by atoms with Gasteiger partial charge in [-0.05, 0) is 30.9 Å². The van der Waals surface area contributed by atoms with Crippen LogP contribution < -0.4 is 0 Å². The highest BCUT2D eigenvalue weighted by Gasteiger charge is 2.27. The Morgan fingerprint density at radius 1 is 1.43 bits per heavy atom. The molecule has 1 heterocycles. The Hall–Kier alpha value is -0.850. The Morgan fingerprint density at radius 3 is 2.67 bits per heavy atom. The van der Waals surface area contributed by atoms with Crippen LogP contribution in [0, 0.1) is 11.7 Å². The molecule has 2 rings (SSSR count). The fraction of sp³-hybridized carbons (Fsp3) is 0.462. The molecule has 1 unspecified atom stereocenters. The Balaban J connectivity index is 2.41. The molecule has 1 aromatic carbocycles. The van der Waals surface area contributed by atoms with Gasteiger partial charge in [-0.15, -0.1) is 0 Å². The third-order valence-corrected chi connectivity index (χ3v) is 5.25. The van der Waals surface area contributed by atoms with Gasteiger partial charge in [-0.2, -0.15) is 0 Å². The fourth-order valence-corrected chi connectivity index (χ4v) is 3.93. The molecule has 0 radical (unpaired) electrons. The predicted octanol–water partition coefficient (Wildman–Crippen LogP) is 3.28. The summed E-state index contributed by atoms with van der Waals surface area (Å²) in [6.45, 7) is 3.05. The van der Waals surface area contributed by atoms with Crippen LogP contribution in [0.2, 0.25) is 5.02 Å². The SMILES string of the molecule is CC1CCCN(C(=O)c2cc(S(=O)(=O)Cl)c(Cl)cc2F)C1. The summed E-state index contributed by atoms with van der Waals surface area (Å²) in [6.07, 6.45) is 1.84. The summed E-state index contributed by atoms with van der Waals surface area (Å²) in [6, 6.07) is 1.71. The zero-order chi connectivity index (χ0) is 15.8. The van der Waals surface area contributed by atoms with Crippen molar-refractivity contribution in [1.82, 2.24) is 4.90 Å². The van der Waals surface area contributed by atoms with Gasteiger partial charge in [0.05, 0.1) is 10.6 Å². The second-order valence-corrected chi connectivity index (χ2v) is 8.14. The standard InChI is InChI=1S/C13H14Cl2FNO3S/c1-8-3-2-4-17(7-8)13(18)9-5-12(21(15,19)20)10(14)6-11(9)16/h5-6,8H,2-4,7H2,1H3. The first kappa shape index (κ1) is 16.5. The van der Waals surface area contributed by atoms with Crippen LogP contribution in [-0.4, -0.2) is 32.3 Å². The lowest BCUT2D eigenvalue weighted by atomic mass is 9.99. The van der Waals surface area contributed by atoms with Gasteiger partial charge in [0, 0.05) is 23.8 Å². The summed E-state index contributed by atoms with van der Waals surface area (Å²) in [5.74, 6) is -1.07. The highest BCUT2D eigenvalue weighted by molar-refractivity contribution is 8.13. The van der Waals surface area contributed by atoms with Crippen LogP contribution >= 0.6 is 22.3 Å². The first-order valence-electron chi connectivity index (χ1n) is 6.43. The highest BCUT2D eigenvalue weighted by Crippen LogP contribution is 2.29. The fourth-order valence-electron chi connectivity index (χ4n) is 2.42. The second-order valence-electron chi connectivity index (χ2n) is 5.20. The molecule has 0 N–H and O–H groups in total. The lowest BCUT2D eigenvalue weighted by Gasteiger charge is -2.31. The number of halogens is 3. The van der Waals surface area contributed by atoms with E-state index in [9.17, 15) is 17.6 Å². The topological polar surface area (TPSA) is 54.5 Å². The van der Waals surface area contributed by atoms with Gasteiger partial charge in [0.2, 0.25) is 0 Å². The van der Waals surface area contributed by atoms with Crippen LogP contribution in [0.1, 0.15) is 30.1 Å². The monoisotopic (exact) mass is 353 g/mol. The molecule has 1 saturated heterocycles. The first-order chi connectivity index (χ1) is 9.70. The molecule has 1 aromatic rings. The summed E-state index contributed by atoms with van der Waals surface area (Å²) in [5.41, 5.74) is -0.326. The quantitative estimate of drug-likeness (QED) is 0.766. The van der Waals surface area contributed by atoms with Crippen molar-refractivity contribution in [3.8, 4) is 0 Å². The van der Waals surface area contributed by atoms with Crippen molar-refractivity contribution in [2.45, 2.75) is 24.7 Å². The van der Waals surface area contributed by atoms with Gasteiger partial charge in [0.25, 0.3) is 15.0 Å². The van der Waals surface area contributed by atoms with E-state index in [-0.39, 0.29) is 10.6 Å². The smallest absolute Gasteiger partial charge is 0.262 e. The van der Waals surface area contributed by atoms with Gasteiger partial charge in [-0.3, -0.25) is 4.79 Å². The summed E-state index contributed by atoms with van der Waals surface area (Å²) in [7, 11) is 1.10. The molecular formula is C13H14Cl2FNO3S. The van der Waals surface area contributed by atoms with Gasteiger partial charge in [0.15, 0.2) is 0 Å². The van der Waals surface area contributed by atoms with Gasteiger partial charge >= 0.3 is 0 Å². The number of piperidine rings is 1. The largest absolute Gasteiger partial charge is 0.338 e. The maximum Gasteiger partial charge on any atom is 0.262 e. The van der Waals surface area contributed by atoms with Crippen LogP contribution in [0.3, 0.4) is 0 Å². The molecule has 0 bridgehead atoms. The number of carbonyl (C=O) groups excluding carboxylic acids is 1. The highest BCUT2D eigenvalue weighted by atomic mass is 35.7. The normalized spacial score (nSPS) is 19.6. The first-order valence-corrected chi connectivity index (χ1v) is 9.12. The third kappa shape index (κ3) is 3.67. The van der Waals surface area contributed by atoms with Gasteiger partial charge in [-0.1, -0.05) is 18.5 Å². The minimum atomic E-state index is -4.14. The Kier molecular flexibility index (Phi) is 4.80. The van der Waals surface area contributed by atoms with Crippen molar-refractivity contribution in [1.29, 1.82) is 0 Å².